The molecule has 3 aromatic rings. The maximum Gasteiger partial charge on any atom is 0.373 e. The van der Waals surface area contributed by atoms with E-state index in [1.165, 1.54) is 31.4 Å². The Hall–Kier alpha value is -4.58. The van der Waals surface area contributed by atoms with Crippen molar-refractivity contribution in [2.24, 2.45) is 0 Å². The van der Waals surface area contributed by atoms with Crippen molar-refractivity contribution in [1.29, 1.82) is 0 Å². The molecule has 0 saturated carbocycles. The fraction of sp³-hybridized carbons (Fsp3) is 0.120. The van der Waals surface area contributed by atoms with E-state index in [0.717, 1.165) is 4.90 Å². The van der Waals surface area contributed by atoms with E-state index in [1.807, 2.05) is 0 Å². The Labute approximate surface area is 217 Å². The summed E-state index contributed by atoms with van der Waals surface area (Å²) in [4.78, 5) is 50.8. The van der Waals surface area contributed by atoms with E-state index in [0.29, 0.717) is 21.5 Å². The van der Waals surface area contributed by atoms with E-state index in [-0.39, 0.29) is 41.9 Å². The topological polar surface area (TPSA) is 134 Å². The number of carbonyl (C=O) groups is 4. The minimum Gasteiger partial charge on any atom is -0.463 e. The summed E-state index contributed by atoms with van der Waals surface area (Å²) >= 11 is 3.36. The molecule has 1 fully saturated rings. The molecule has 5 rings (SSSR count). The number of ether oxygens (including phenoxy) is 4. The van der Waals surface area contributed by atoms with Crippen LogP contribution in [0, 0.1) is 0 Å². The van der Waals surface area contributed by atoms with Gasteiger partial charge in [-0.3, -0.25) is 9.69 Å². The van der Waals surface area contributed by atoms with Crippen LogP contribution in [0.5, 0.6) is 17.2 Å². The summed E-state index contributed by atoms with van der Waals surface area (Å²) < 4.78 is 26.7. The third-order valence-electron chi connectivity index (χ3n) is 5.41. The molecule has 2 aliphatic heterocycles. The third kappa shape index (κ3) is 4.91. The van der Waals surface area contributed by atoms with Crippen molar-refractivity contribution >= 4 is 45.9 Å². The number of amides is 3. The molecule has 188 valence electrons. The zero-order chi connectivity index (χ0) is 26.1. The van der Waals surface area contributed by atoms with Crippen LogP contribution in [-0.2, 0) is 16.1 Å². The van der Waals surface area contributed by atoms with Crippen LogP contribution in [0.25, 0.3) is 6.08 Å². The van der Waals surface area contributed by atoms with Crippen molar-refractivity contribution in [3.63, 3.8) is 0 Å². The number of hydrogen-bond donors (Lipinski definition) is 1. The number of urea groups is 1. The van der Waals surface area contributed by atoms with Crippen molar-refractivity contribution in [2.75, 3.05) is 13.9 Å². The Bertz CT molecular complexity index is 1480. The molecule has 0 atom stereocenters. The van der Waals surface area contributed by atoms with Crippen molar-refractivity contribution in [2.45, 2.75) is 6.54 Å². The monoisotopic (exact) mass is 568 g/mol. The first-order chi connectivity index (χ1) is 17.8. The number of fused-ring (bicyclic) bond motifs is 1. The second-order valence-electron chi connectivity index (χ2n) is 7.78. The number of rotatable bonds is 6. The lowest BCUT2D eigenvalue weighted by molar-refractivity contribution is -0.123. The lowest BCUT2D eigenvalue weighted by Crippen LogP contribution is -2.30. The highest BCUT2D eigenvalue weighted by molar-refractivity contribution is 9.10. The first-order valence-electron chi connectivity index (χ1n) is 10.8. The predicted molar refractivity (Wildman–Crippen MR) is 129 cm³/mol. The van der Waals surface area contributed by atoms with Crippen LogP contribution in [0.2, 0.25) is 0 Å². The maximum absolute atomic E-state index is 13.0. The molecule has 0 unspecified atom stereocenters. The molecule has 0 radical (unpaired) electrons. The molecule has 1 N–H and O–H groups in total. The van der Waals surface area contributed by atoms with Crippen LogP contribution < -0.4 is 19.5 Å². The Balaban J connectivity index is 1.36. The van der Waals surface area contributed by atoms with E-state index < -0.39 is 23.9 Å². The van der Waals surface area contributed by atoms with E-state index >= 15 is 0 Å². The van der Waals surface area contributed by atoms with Gasteiger partial charge in [0.25, 0.3) is 5.91 Å². The van der Waals surface area contributed by atoms with Gasteiger partial charge < -0.3 is 28.7 Å². The molecule has 12 heteroatoms. The Morgan fingerprint density at radius 3 is 2.68 bits per heavy atom. The minimum atomic E-state index is -0.679. The minimum absolute atomic E-state index is 0.0387. The van der Waals surface area contributed by atoms with Crippen molar-refractivity contribution in [3.8, 4) is 17.2 Å². The Kier molecular flexibility index (Phi) is 6.40. The lowest BCUT2D eigenvalue weighted by atomic mass is 10.1. The number of imide groups is 1. The zero-order valence-electron chi connectivity index (χ0n) is 19.1. The maximum atomic E-state index is 13.0. The molecule has 1 saturated heterocycles. The van der Waals surface area contributed by atoms with Gasteiger partial charge >= 0.3 is 18.0 Å². The first-order valence-corrected chi connectivity index (χ1v) is 11.5. The van der Waals surface area contributed by atoms with E-state index in [4.69, 9.17) is 18.6 Å². The van der Waals surface area contributed by atoms with Crippen LogP contribution in [0.3, 0.4) is 0 Å². The fourth-order valence-electron chi connectivity index (χ4n) is 3.61. The van der Waals surface area contributed by atoms with E-state index in [9.17, 15) is 19.2 Å². The fourth-order valence-corrected chi connectivity index (χ4v) is 3.99. The third-order valence-corrected chi connectivity index (χ3v) is 5.90. The molecule has 1 aromatic heterocycles. The average molecular weight is 569 g/mol. The standard InChI is InChI=1S/C25H17BrN2O9/c1-33-24(31)20-7-4-16(36-20)11-28-22(29)17(27-25(28)32)9-14-8-15(26)3-6-18(14)37-23(30)13-2-5-19-21(10-13)35-12-34-19/h2-10H,11-12H2,1H3,(H,27,32)/b17-9+. The van der Waals surface area contributed by atoms with Gasteiger partial charge in [0.05, 0.1) is 19.2 Å². The second-order valence-corrected chi connectivity index (χ2v) is 8.69. The summed E-state index contributed by atoms with van der Waals surface area (Å²) in [6.45, 7) is -0.134. The highest BCUT2D eigenvalue weighted by atomic mass is 79.9. The number of hydrogen-bond acceptors (Lipinski definition) is 9. The molecule has 11 nitrogen and oxygen atoms in total. The molecule has 0 bridgehead atoms. The van der Waals surface area contributed by atoms with Gasteiger partial charge in [0.1, 0.15) is 17.2 Å². The molecular weight excluding hydrogens is 552 g/mol. The molecule has 0 aliphatic carbocycles. The largest absolute Gasteiger partial charge is 0.463 e. The van der Waals surface area contributed by atoms with Crippen LogP contribution in [0.1, 0.15) is 32.2 Å². The Morgan fingerprint density at radius 2 is 1.86 bits per heavy atom. The zero-order valence-corrected chi connectivity index (χ0v) is 20.7. The number of nitrogens with zero attached hydrogens (tertiary/aromatic N) is 1. The first kappa shape index (κ1) is 24.1. The second kappa shape index (κ2) is 9.82. The summed E-state index contributed by atoms with van der Waals surface area (Å²) in [5, 5.41) is 2.50. The molecule has 2 aliphatic rings. The van der Waals surface area contributed by atoms with Gasteiger partial charge in [-0.15, -0.1) is 0 Å². The van der Waals surface area contributed by atoms with Gasteiger partial charge in [-0.25, -0.2) is 14.4 Å². The summed E-state index contributed by atoms with van der Waals surface area (Å²) in [6, 6.07) is 11.7. The summed E-state index contributed by atoms with van der Waals surface area (Å²) in [5.41, 5.74) is 0.565. The van der Waals surface area contributed by atoms with Gasteiger partial charge in [0, 0.05) is 10.0 Å². The van der Waals surface area contributed by atoms with E-state index in [1.54, 1.807) is 30.3 Å². The van der Waals surface area contributed by atoms with Gasteiger partial charge in [-0.1, -0.05) is 15.9 Å². The summed E-state index contributed by atoms with van der Waals surface area (Å²) in [6.07, 6.45) is 1.40. The van der Waals surface area contributed by atoms with Crippen molar-refractivity contribution in [1.82, 2.24) is 10.2 Å². The number of halogens is 1. The molecular formula is C25H17BrN2O9. The van der Waals surface area contributed by atoms with Gasteiger partial charge in [0.15, 0.2) is 11.5 Å². The number of methoxy groups -OCH3 is 1. The van der Waals surface area contributed by atoms with Crippen molar-refractivity contribution < 1.29 is 42.5 Å². The molecule has 37 heavy (non-hydrogen) atoms. The van der Waals surface area contributed by atoms with Crippen LogP contribution >= 0.6 is 15.9 Å². The molecule has 0 spiro atoms. The molecule has 3 heterocycles. The number of furan rings is 1. The number of benzene rings is 2. The normalized spacial score (nSPS) is 15.2. The van der Waals surface area contributed by atoms with Crippen LogP contribution in [0.15, 0.2) is 63.1 Å². The summed E-state index contributed by atoms with van der Waals surface area (Å²) in [5.74, 6) is -0.677. The van der Waals surface area contributed by atoms with Gasteiger partial charge in [0.2, 0.25) is 12.6 Å². The SMILES string of the molecule is COC(=O)c1ccc(CN2C(=O)N/C(=C/c3cc(Br)ccc3OC(=O)c3ccc4c(c3)OCO4)C2=O)o1. The Morgan fingerprint density at radius 1 is 1.05 bits per heavy atom. The number of esters is 2. The van der Waals surface area contributed by atoms with Gasteiger partial charge in [-0.2, -0.15) is 0 Å². The number of carbonyl (C=O) groups excluding carboxylic acids is 4. The molecule has 3 amide bonds. The highest BCUT2D eigenvalue weighted by Gasteiger charge is 2.34. The van der Waals surface area contributed by atoms with Crippen LogP contribution in [0.4, 0.5) is 4.79 Å². The number of nitrogens with one attached hydrogen (secondary N) is 1. The quantitative estimate of drug-likeness (QED) is 0.203. The van der Waals surface area contributed by atoms with Crippen LogP contribution in [-0.4, -0.2) is 42.7 Å². The predicted octanol–water partition coefficient (Wildman–Crippen LogP) is 3.87. The smallest absolute Gasteiger partial charge is 0.373 e. The summed E-state index contributed by atoms with van der Waals surface area (Å²) in [7, 11) is 1.21. The highest BCUT2D eigenvalue weighted by Crippen LogP contribution is 2.33. The van der Waals surface area contributed by atoms with Gasteiger partial charge in [-0.05, 0) is 54.6 Å². The van der Waals surface area contributed by atoms with Crippen molar-refractivity contribution in [3.05, 3.63) is 81.3 Å². The lowest BCUT2D eigenvalue weighted by Gasteiger charge is -2.10. The van der Waals surface area contributed by atoms with E-state index in [2.05, 4.69) is 26.0 Å². The average Bonchev–Trinajstić information content (AvgIpc) is 3.61. The molecule has 2 aromatic carbocycles.